The predicted molar refractivity (Wildman–Crippen MR) is 122 cm³/mol. The average molecular weight is 433 g/mol. The molecule has 31 heavy (non-hydrogen) atoms. The number of fused-ring (bicyclic) bond motifs is 1. The molecule has 2 aliphatic rings. The van der Waals surface area contributed by atoms with E-state index < -0.39 is 0 Å². The van der Waals surface area contributed by atoms with Crippen LogP contribution in [0.3, 0.4) is 0 Å². The molecule has 0 unspecified atom stereocenters. The zero-order chi connectivity index (χ0) is 21.2. The number of aromatic nitrogens is 1. The highest BCUT2D eigenvalue weighted by atomic mass is 32.1. The molecule has 2 aromatic carbocycles. The molecule has 0 spiro atoms. The average Bonchev–Trinajstić information content (AvgIpc) is 3.39. The number of carbonyl (C=O) groups is 2. The fraction of sp³-hybridized carbons (Fsp3) is 0.292. The first-order valence-corrected chi connectivity index (χ1v) is 11.4. The van der Waals surface area contributed by atoms with Gasteiger partial charge in [-0.2, -0.15) is 0 Å². The molecule has 6 nitrogen and oxygen atoms in total. The summed E-state index contributed by atoms with van der Waals surface area (Å²) in [5.74, 6) is -0.0292. The number of nitrogens with zero attached hydrogens (tertiary/aromatic N) is 3. The lowest BCUT2D eigenvalue weighted by atomic mass is 10.1. The highest BCUT2D eigenvalue weighted by Crippen LogP contribution is 2.29. The van der Waals surface area contributed by atoms with Gasteiger partial charge in [-0.3, -0.25) is 19.8 Å². The van der Waals surface area contributed by atoms with Crippen molar-refractivity contribution in [1.29, 1.82) is 0 Å². The van der Waals surface area contributed by atoms with Crippen LogP contribution in [-0.2, 0) is 24.3 Å². The molecule has 0 saturated carbocycles. The predicted octanol–water partition coefficient (Wildman–Crippen LogP) is 4.08. The van der Waals surface area contributed by atoms with E-state index in [1.807, 2.05) is 18.2 Å². The minimum absolute atomic E-state index is 0.145. The molecule has 7 heteroatoms. The van der Waals surface area contributed by atoms with Gasteiger partial charge in [0.1, 0.15) is 0 Å². The van der Waals surface area contributed by atoms with Gasteiger partial charge in [-0.15, -0.1) is 11.3 Å². The van der Waals surface area contributed by atoms with Gasteiger partial charge in [-0.05, 0) is 36.2 Å². The normalized spacial score (nSPS) is 16.4. The Morgan fingerprint density at radius 1 is 1.03 bits per heavy atom. The van der Waals surface area contributed by atoms with E-state index in [0.717, 1.165) is 50.4 Å². The van der Waals surface area contributed by atoms with E-state index in [2.05, 4.69) is 39.5 Å². The maximum absolute atomic E-state index is 12.7. The fourth-order valence-electron chi connectivity index (χ4n) is 4.16. The Balaban J connectivity index is 1.22. The van der Waals surface area contributed by atoms with Gasteiger partial charge in [0, 0.05) is 55.1 Å². The van der Waals surface area contributed by atoms with Gasteiger partial charge in [0.05, 0.1) is 5.69 Å². The lowest BCUT2D eigenvalue weighted by Gasteiger charge is -2.25. The zero-order valence-electron chi connectivity index (χ0n) is 17.2. The topological polar surface area (TPSA) is 65.5 Å². The summed E-state index contributed by atoms with van der Waals surface area (Å²) in [5.41, 5.74) is 3.81. The SMILES string of the molecule is O=C(Nc1nc2c(s1)CN(Cc1ccccc1)CC2)c1ccc(N2CCCC2=O)cc1. The number of nitrogens with one attached hydrogen (secondary N) is 1. The number of benzene rings is 2. The van der Waals surface area contributed by atoms with Crippen molar-refractivity contribution in [2.24, 2.45) is 0 Å². The van der Waals surface area contributed by atoms with Crippen LogP contribution >= 0.6 is 11.3 Å². The van der Waals surface area contributed by atoms with Gasteiger partial charge in [0.15, 0.2) is 5.13 Å². The van der Waals surface area contributed by atoms with Crippen molar-refractivity contribution in [2.45, 2.75) is 32.4 Å². The summed E-state index contributed by atoms with van der Waals surface area (Å²) in [5, 5.41) is 3.60. The van der Waals surface area contributed by atoms with Crippen LogP contribution in [0.5, 0.6) is 0 Å². The van der Waals surface area contributed by atoms with E-state index in [0.29, 0.717) is 17.1 Å². The van der Waals surface area contributed by atoms with Gasteiger partial charge in [-0.25, -0.2) is 4.98 Å². The smallest absolute Gasteiger partial charge is 0.257 e. The van der Waals surface area contributed by atoms with Crippen molar-refractivity contribution in [3.05, 3.63) is 76.3 Å². The third kappa shape index (κ3) is 4.38. The first-order chi connectivity index (χ1) is 15.2. The zero-order valence-corrected chi connectivity index (χ0v) is 18.0. The lowest BCUT2D eigenvalue weighted by molar-refractivity contribution is -0.117. The van der Waals surface area contributed by atoms with Gasteiger partial charge in [0.2, 0.25) is 5.91 Å². The molecule has 0 radical (unpaired) electrons. The summed E-state index contributed by atoms with van der Waals surface area (Å²) in [6, 6.07) is 17.7. The summed E-state index contributed by atoms with van der Waals surface area (Å²) < 4.78 is 0. The minimum Gasteiger partial charge on any atom is -0.312 e. The molecule has 1 N–H and O–H groups in total. The van der Waals surface area contributed by atoms with Crippen LogP contribution in [0.1, 0.15) is 39.3 Å². The molecule has 3 aromatic rings. The largest absolute Gasteiger partial charge is 0.312 e. The fourth-order valence-corrected chi connectivity index (χ4v) is 5.21. The van der Waals surface area contributed by atoms with Crippen molar-refractivity contribution in [2.75, 3.05) is 23.3 Å². The Labute approximate surface area is 185 Å². The molecule has 0 atom stereocenters. The second-order valence-electron chi connectivity index (χ2n) is 7.99. The van der Waals surface area contributed by atoms with E-state index >= 15 is 0 Å². The summed E-state index contributed by atoms with van der Waals surface area (Å²) in [4.78, 5) is 34.7. The quantitative estimate of drug-likeness (QED) is 0.660. The van der Waals surface area contributed by atoms with Crippen LogP contribution in [0.25, 0.3) is 0 Å². The summed E-state index contributed by atoms with van der Waals surface area (Å²) in [6.45, 7) is 3.49. The van der Waals surface area contributed by atoms with Crippen LogP contribution in [0.15, 0.2) is 54.6 Å². The Hall–Kier alpha value is -3.03. The lowest BCUT2D eigenvalue weighted by Crippen LogP contribution is -2.29. The monoisotopic (exact) mass is 432 g/mol. The van der Waals surface area contributed by atoms with E-state index in [1.165, 1.54) is 10.4 Å². The van der Waals surface area contributed by atoms with Crippen molar-refractivity contribution in [3.8, 4) is 0 Å². The summed E-state index contributed by atoms with van der Waals surface area (Å²) >= 11 is 1.56. The van der Waals surface area contributed by atoms with Crippen molar-refractivity contribution in [3.63, 3.8) is 0 Å². The Bertz CT molecular complexity index is 1090. The van der Waals surface area contributed by atoms with Crippen LogP contribution in [0.2, 0.25) is 0 Å². The molecular formula is C24H24N4O2S. The molecule has 1 fully saturated rings. The van der Waals surface area contributed by atoms with Crippen LogP contribution in [-0.4, -0.2) is 34.8 Å². The number of thiazole rings is 1. The number of carbonyl (C=O) groups excluding carboxylic acids is 2. The number of amides is 2. The molecular weight excluding hydrogens is 408 g/mol. The van der Waals surface area contributed by atoms with Gasteiger partial charge < -0.3 is 4.90 Å². The molecule has 0 aliphatic carbocycles. The van der Waals surface area contributed by atoms with Crippen LogP contribution in [0, 0.1) is 0 Å². The molecule has 3 heterocycles. The Kier molecular flexibility index (Phi) is 5.53. The molecule has 5 rings (SSSR count). The standard InChI is InChI=1S/C24H24N4O2S/c29-22-7-4-13-28(22)19-10-8-18(9-11-19)23(30)26-24-25-20-12-14-27(16-21(20)31-24)15-17-5-2-1-3-6-17/h1-3,5-6,8-11H,4,7,12-16H2,(H,25,26,30). The molecule has 1 saturated heterocycles. The number of anilines is 2. The molecule has 158 valence electrons. The molecule has 2 aliphatic heterocycles. The molecule has 2 amide bonds. The third-order valence-electron chi connectivity index (χ3n) is 5.79. The minimum atomic E-state index is -0.175. The first kappa shape index (κ1) is 19.9. The molecule has 0 bridgehead atoms. The highest BCUT2D eigenvalue weighted by Gasteiger charge is 2.23. The van der Waals surface area contributed by atoms with Crippen molar-refractivity contribution >= 4 is 34.0 Å². The van der Waals surface area contributed by atoms with Gasteiger partial charge in [0.25, 0.3) is 5.91 Å². The maximum atomic E-state index is 12.7. The Morgan fingerprint density at radius 2 is 1.84 bits per heavy atom. The van der Waals surface area contributed by atoms with Crippen molar-refractivity contribution < 1.29 is 9.59 Å². The van der Waals surface area contributed by atoms with E-state index in [1.54, 1.807) is 28.4 Å². The summed E-state index contributed by atoms with van der Waals surface area (Å²) in [6.07, 6.45) is 2.38. The van der Waals surface area contributed by atoms with Gasteiger partial charge >= 0.3 is 0 Å². The van der Waals surface area contributed by atoms with E-state index in [9.17, 15) is 9.59 Å². The second-order valence-corrected chi connectivity index (χ2v) is 9.07. The van der Waals surface area contributed by atoms with Gasteiger partial charge in [-0.1, -0.05) is 30.3 Å². The number of hydrogen-bond acceptors (Lipinski definition) is 5. The first-order valence-electron chi connectivity index (χ1n) is 10.6. The van der Waals surface area contributed by atoms with Crippen LogP contribution < -0.4 is 10.2 Å². The highest BCUT2D eigenvalue weighted by molar-refractivity contribution is 7.15. The maximum Gasteiger partial charge on any atom is 0.257 e. The number of hydrogen-bond donors (Lipinski definition) is 1. The van der Waals surface area contributed by atoms with E-state index in [4.69, 9.17) is 0 Å². The second kappa shape index (κ2) is 8.61. The van der Waals surface area contributed by atoms with Crippen molar-refractivity contribution in [1.82, 2.24) is 9.88 Å². The Morgan fingerprint density at radius 3 is 2.58 bits per heavy atom. The third-order valence-corrected chi connectivity index (χ3v) is 6.79. The summed E-state index contributed by atoms with van der Waals surface area (Å²) in [7, 11) is 0. The van der Waals surface area contributed by atoms with Crippen LogP contribution in [0.4, 0.5) is 10.8 Å². The van der Waals surface area contributed by atoms with E-state index in [-0.39, 0.29) is 11.8 Å². The number of rotatable bonds is 5. The molecule has 1 aromatic heterocycles.